The smallest absolute Gasteiger partial charge is 0.342 e. The number of halogens is 3. The van der Waals surface area contributed by atoms with Gasteiger partial charge in [-0.15, -0.1) is 10.2 Å². The number of carbonyl (C=O) groups is 2. The van der Waals surface area contributed by atoms with Crippen LogP contribution in [-0.4, -0.2) is 32.3 Å². The monoisotopic (exact) mass is 491 g/mol. The first-order valence-corrected chi connectivity index (χ1v) is 11.5. The number of benzene rings is 2. The minimum Gasteiger partial charge on any atom is -0.342 e. The molecule has 180 valence electrons. The van der Waals surface area contributed by atoms with Crippen LogP contribution in [0.4, 0.5) is 18.9 Å². The van der Waals surface area contributed by atoms with E-state index in [4.69, 9.17) is 0 Å². The first-order chi connectivity index (χ1) is 16.1. The third-order valence-electron chi connectivity index (χ3n) is 4.88. The van der Waals surface area contributed by atoms with E-state index < -0.39 is 23.7 Å². The van der Waals surface area contributed by atoms with Gasteiger partial charge in [0.1, 0.15) is 0 Å². The van der Waals surface area contributed by atoms with Crippen LogP contribution < -0.4 is 10.6 Å². The molecule has 0 saturated carbocycles. The van der Waals surface area contributed by atoms with Gasteiger partial charge in [-0.1, -0.05) is 35.5 Å². The number of anilines is 1. The Labute approximate surface area is 199 Å². The Kier molecular flexibility index (Phi) is 7.98. The van der Waals surface area contributed by atoms with Crippen molar-refractivity contribution in [2.75, 3.05) is 11.1 Å². The van der Waals surface area contributed by atoms with Gasteiger partial charge in [-0.3, -0.25) is 9.59 Å². The van der Waals surface area contributed by atoms with Gasteiger partial charge in [0, 0.05) is 17.8 Å². The molecular formula is C23H24F3N5O2S. The maximum absolute atomic E-state index is 12.9. The minimum absolute atomic E-state index is 0.0607. The predicted molar refractivity (Wildman–Crippen MR) is 124 cm³/mol. The van der Waals surface area contributed by atoms with Crippen molar-refractivity contribution in [1.29, 1.82) is 0 Å². The Morgan fingerprint density at radius 3 is 2.53 bits per heavy atom. The highest BCUT2D eigenvalue weighted by Crippen LogP contribution is 2.30. The fourth-order valence-electron chi connectivity index (χ4n) is 3.26. The second-order valence-electron chi connectivity index (χ2n) is 7.57. The fraction of sp³-hybridized carbons (Fsp3) is 0.304. The number of hydrogen-bond donors (Lipinski definition) is 2. The number of nitrogens with one attached hydrogen (secondary N) is 2. The molecule has 0 aliphatic heterocycles. The largest absolute Gasteiger partial charge is 0.416 e. The third-order valence-corrected chi connectivity index (χ3v) is 5.85. The second kappa shape index (κ2) is 10.7. The molecule has 1 aromatic heterocycles. The van der Waals surface area contributed by atoms with Gasteiger partial charge in [0.05, 0.1) is 17.4 Å². The van der Waals surface area contributed by atoms with E-state index in [-0.39, 0.29) is 17.3 Å². The summed E-state index contributed by atoms with van der Waals surface area (Å²) >= 11 is 1.11. The highest BCUT2D eigenvalue weighted by Gasteiger charge is 2.30. The zero-order valence-corrected chi connectivity index (χ0v) is 19.6. The molecule has 0 saturated heterocycles. The molecule has 2 aromatic carbocycles. The SMILES string of the molecule is CCn1c(SCC(=O)Nc2cccc(C(F)(F)F)c2)nnc1[C@@H](C)NC(=O)c1cccc(C)c1. The summed E-state index contributed by atoms with van der Waals surface area (Å²) in [7, 11) is 0. The lowest BCUT2D eigenvalue weighted by Gasteiger charge is -2.15. The number of aryl methyl sites for hydroxylation is 1. The number of nitrogens with zero attached hydrogens (tertiary/aromatic N) is 3. The van der Waals surface area contributed by atoms with E-state index >= 15 is 0 Å². The van der Waals surface area contributed by atoms with Gasteiger partial charge >= 0.3 is 6.18 Å². The standard InChI is InChI=1S/C23H24F3N5O2S/c1-4-31-20(15(3)27-21(33)16-8-5-7-14(2)11-16)29-30-22(31)34-13-19(32)28-18-10-6-9-17(12-18)23(24,25)26/h5-12,15H,4,13H2,1-3H3,(H,27,33)(H,28,32)/t15-/m1/s1. The molecule has 7 nitrogen and oxygen atoms in total. The van der Waals surface area contributed by atoms with Crippen LogP contribution >= 0.6 is 11.8 Å². The number of amides is 2. The lowest BCUT2D eigenvalue weighted by Crippen LogP contribution is -2.28. The molecule has 0 radical (unpaired) electrons. The summed E-state index contributed by atoms with van der Waals surface area (Å²) in [5.74, 6) is -0.253. The minimum atomic E-state index is -4.49. The summed E-state index contributed by atoms with van der Waals surface area (Å²) in [6, 6.07) is 11.2. The topological polar surface area (TPSA) is 88.9 Å². The lowest BCUT2D eigenvalue weighted by atomic mass is 10.1. The fourth-order valence-corrected chi connectivity index (χ4v) is 4.07. The van der Waals surface area contributed by atoms with E-state index in [1.165, 1.54) is 12.1 Å². The van der Waals surface area contributed by atoms with Gasteiger partial charge in [0.2, 0.25) is 5.91 Å². The van der Waals surface area contributed by atoms with Crippen molar-refractivity contribution in [2.24, 2.45) is 0 Å². The summed E-state index contributed by atoms with van der Waals surface area (Å²) in [5.41, 5.74) is 0.731. The van der Waals surface area contributed by atoms with Crippen LogP contribution in [0.15, 0.2) is 53.7 Å². The van der Waals surface area contributed by atoms with Crippen LogP contribution in [0.5, 0.6) is 0 Å². The molecule has 11 heteroatoms. The molecule has 0 aliphatic carbocycles. The lowest BCUT2D eigenvalue weighted by molar-refractivity contribution is -0.137. The second-order valence-corrected chi connectivity index (χ2v) is 8.51. The first kappa shape index (κ1) is 25.3. The normalized spacial score (nSPS) is 12.3. The molecule has 2 amide bonds. The molecule has 3 rings (SSSR count). The van der Waals surface area contributed by atoms with Crippen LogP contribution in [-0.2, 0) is 17.5 Å². The number of rotatable bonds is 8. The Balaban J connectivity index is 1.63. The van der Waals surface area contributed by atoms with Crippen LogP contribution in [0, 0.1) is 6.92 Å². The number of hydrogen-bond acceptors (Lipinski definition) is 5. The maximum atomic E-state index is 12.9. The molecule has 0 unspecified atom stereocenters. The Bertz CT molecular complexity index is 1180. The molecule has 1 atom stereocenters. The van der Waals surface area contributed by atoms with Gasteiger partial charge in [-0.2, -0.15) is 13.2 Å². The van der Waals surface area contributed by atoms with Crippen molar-refractivity contribution in [3.8, 4) is 0 Å². The number of thioether (sulfide) groups is 1. The van der Waals surface area contributed by atoms with Gasteiger partial charge in [-0.05, 0) is 51.1 Å². The Morgan fingerprint density at radius 1 is 1.12 bits per heavy atom. The molecule has 0 bridgehead atoms. The number of aromatic nitrogens is 3. The van der Waals surface area contributed by atoms with Crippen molar-refractivity contribution in [2.45, 2.75) is 44.7 Å². The van der Waals surface area contributed by atoms with Crippen molar-refractivity contribution in [3.63, 3.8) is 0 Å². The van der Waals surface area contributed by atoms with E-state index in [0.29, 0.717) is 23.1 Å². The summed E-state index contributed by atoms with van der Waals surface area (Å²) in [5, 5.41) is 14.1. The molecule has 0 fully saturated rings. The molecule has 0 aliphatic rings. The van der Waals surface area contributed by atoms with Crippen LogP contribution in [0.3, 0.4) is 0 Å². The molecule has 3 aromatic rings. The van der Waals surface area contributed by atoms with E-state index in [0.717, 1.165) is 29.5 Å². The molecular weight excluding hydrogens is 467 g/mol. The molecule has 1 heterocycles. The quantitative estimate of drug-likeness (QED) is 0.440. The zero-order valence-electron chi connectivity index (χ0n) is 18.8. The van der Waals surface area contributed by atoms with Crippen LogP contribution in [0.25, 0.3) is 0 Å². The predicted octanol–water partition coefficient (Wildman–Crippen LogP) is 4.85. The van der Waals surface area contributed by atoms with Crippen LogP contribution in [0.1, 0.15) is 47.2 Å². The number of alkyl halides is 3. The summed E-state index contributed by atoms with van der Waals surface area (Å²) in [6.07, 6.45) is -4.49. The third kappa shape index (κ3) is 6.37. The van der Waals surface area contributed by atoms with Crippen molar-refractivity contribution < 1.29 is 22.8 Å². The van der Waals surface area contributed by atoms with Crippen molar-refractivity contribution in [3.05, 3.63) is 71.0 Å². The molecule has 34 heavy (non-hydrogen) atoms. The van der Waals surface area contributed by atoms with E-state index in [1.807, 2.05) is 26.0 Å². The average molecular weight is 492 g/mol. The zero-order chi connectivity index (χ0) is 24.9. The van der Waals surface area contributed by atoms with Crippen LogP contribution in [0.2, 0.25) is 0 Å². The molecule has 2 N–H and O–H groups in total. The van der Waals surface area contributed by atoms with E-state index in [1.54, 1.807) is 23.6 Å². The first-order valence-electron chi connectivity index (χ1n) is 10.5. The summed E-state index contributed by atoms with van der Waals surface area (Å²) < 4.78 is 40.4. The van der Waals surface area contributed by atoms with E-state index in [9.17, 15) is 22.8 Å². The Morgan fingerprint density at radius 2 is 1.85 bits per heavy atom. The highest BCUT2D eigenvalue weighted by atomic mass is 32.2. The van der Waals surface area contributed by atoms with Crippen molar-refractivity contribution >= 4 is 29.3 Å². The maximum Gasteiger partial charge on any atom is 0.416 e. The van der Waals surface area contributed by atoms with Gasteiger partial charge in [-0.25, -0.2) is 0 Å². The highest BCUT2D eigenvalue weighted by molar-refractivity contribution is 7.99. The van der Waals surface area contributed by atoms with E-state index in [2.05, 4.69) is 20.8 Å². The van der Waals surface area contributed by atoms with Gasteiger partial charge in [0.15, 0.2) is 11.0 Å². The van der Waals surface area contributed by atoms with Gasteiger partial charge in [0.25, 0.3) is 5.91 Å². The van der Waals surface area contributed by atoms with Crippen molar-refractivity contribution in [1.82, 2.24) is 20.1 Å². The average Bonchev–Trinajstić information content (AvgIpc) is 3.20. The number of carbonyl (C=O) groups excluding carboxylic acids is 2. The van der Waals surface area contributed by atoms with Gasteiger partial charge < -0.3 is 15.2 Å². The molecule has 0 spiro atoms. The Hall–Kier alpha value is -3.34. The summed E-state index contributed by atoms with van der Waals surface area (Å²) in [6.45, 7) is 6.08. The summed E-state index contributed by atoms with van der Waals surface area (Å²) in [4.78, 5) is 24.9.